The van der Waals surface area contributed by atoms with Gasteiger partial charge in [-0.3, -0.25) is 14.6 Å². The molecule has 0 aliphatic heterocycles. The smallest absolute Gasteiger partial charge is 0.251 e. The summed E-state index contributed by atoms with van der Waals surface area (Å²) >= 11 is 0. The summed E-state index contributed by atoms with van der Waals surface area (Å²) in [7, 11) is 0.831. The first-order valence-electron chi connectivity index (χ1n) is 8.15. The average molecular weight is 390 g/mol. The van der Waals surface area contributed by atoms with E-state index >= 15 is 0 Å². The monoisotopic (exact) mass is 390 g/mol. The largest absolute Gasteiger partial charge is 0.343 e. The number of hydrogen-bond donors (Lipinski definition) is 1. The number of aromatic nitrogens is 1. The molecule has 0 bridgehead atoms. The molecular formula is C18H22N4O4S. The molecule has 144 valence electrons. The highest BCUT2D eigenvalue weighted by atomic mass is 32.2. The first-order valence-corrected chi connectivity index (χ1v) is 9.59. The van der Waals surface area contributed by atoms with E-state index in [1.165, 1.54) is 43.3 Å². The number of carbonyl (C=O) groups is 2. The van der Waals surface area contributed by atoms with Gasteiger partial charge in [0, 0.05) is 45.6 Å². The van der Waals surface area contributed by atoms with Gasteiger partial charge in [-0.1, -0.05) is 6.07 Å². The Morgan fingerprint density at radius 3 is 2.37 bits per heavy atom. The van der Waals surface area contributed by atoms with Crippen LogP contribution in [0.1, 0.15) is 15.9 Å². The van der Waals surface area contributed by atoms with E-state index in [-0.39, 0.29) is 22.9 Å². The predicted octanol–water partition coefficient (Wildman–Crippen LogP) is 0.720. The van der Waals surface area contributed by atoms with Gasteiger partial charge in [-0.15, -0.1) is 0 Å². The van der Waals surface area contributed by atoms with E-state index in [0.29, 0.717) is 6.54 Å². The van der Waals surface area contributed by atoms with Gasteiger partial charge in [0.2, 0.25) is 15.9 Å². The van der Waals surface area contributed by atoms with Crippen LogP contribution in [0.5, 0.6) is 0 Å². The molecule has 0 saturated heterocycles. The molecule has 1 N–H and O–H groups in total. The number of hydrogen-bond acceptors (Lipinski definition) is 5. The van der Waals surface area contributed by atoms with E-state index in [9.17, 15) is 18.0 Å². The van der Waals surface area contributed by atoms with Crippen LogP contribution in [0.25, 0.3) is 0 Å². The lowest BCUT2D eigenvalue weighted by Crippen LogP contribution is -2.37. The number of amides is 2. The molecule has 9 heteroatoms. The minimum Gasteiger partial charge on any atom is -0.343 e. The number of rotatable bonds is 7. The van der Waals surface area contributed by atoms with Crippen molar-refractivity contribution >= 4 is 21.8 Å². The van der Waals surface area contributed by atoms with Crippen molar-refractivity contribution in [3.63, 3.8) is 0 Å². The van der Waals surface area contributed by atoms with Crippen LogP contribution in [0.4, 0.5) is 0 Å². The van der Waals surface area contributed by atoms with Crippen LogP contribution in [0.2, 0.25) is 0 Å². The quantitative estimate of drug-likeness (QED) is 0.751. The minimum atomic E-state index is -3.64. The van der Waals surface area contributed by atoms with Crippen molar-refractivity contribution in [3.8, 4) is 0 Å². The number of pyridine rings is 1. The lowest BCUT2D eigenvalue weighted by molar-refractivity contribution is -0.129. The summed E-state index contributed by atoms with van der Waals surface area (Å²) in [4.78, 5) is 29.9. The minimum absolute atomic E-state index is 0.0151. The van der Waals surface area contributed by atoms with Crippen LogP contribution in [0.15, 0.2) is 53.7 Å². The summed E-state index contributed by atoms with van der Waals surface area (Å²) in [6.07, 6.45) is 3.29. The van der Waals surface area contributed by atoms with Gasteiger partial charge in [0.25, 0.3) is 5.91 Å². The summed E-state index contributed by atoms with van der Waals surface area (Å²) in [5.74, 6) is -0.784. The Labute approximate surface area is 158 Å². The lowest BCUT2D eigenvalue weighted by Gasteiger charge is -2.17. The maximum atomic E-state index is 12.3. The Morgan fingerprint density at radius 2 is 1.74 bits per heavy atom. The molecule has 0 spiro atoms. The molecule has 0 fully saturated rings. The second-order valence-electron chi connectivity index (χ2n) is 6.10. The van der Waals surface area contributed by atoms with Gasteiger partial charge in [0.05, 0.1) is 11.4 Å². The fourth-order valence-corrected chi connectivity index (χ4v) is 3.20. The van der Waals surface area contributed by atoms with Crippen molar-refractivity contribution in [2.75, 3.05) is 27.7 Å². The first-order chi connectivity index (χ1) is 12.7. The maximum Gasteiger partial charge on any atom is 0.251 e. The molecule has 0 atom stereocenters. The fourth-order valence-electron chi connectivity index (χ4n) is 2.25. The molecule has 0 unspecified atom stereocenters. The zero-order chi connectivity index (χ0) is 20.0. The maximum absolute atomic E-state index is 12.3. The molecule has 2 rings (SSSR count). The van der Waals surface area contributed by atoms with Crippen LogP contribution >= 0.6 is 0 Å². The van der Waals surface area contributed by atoms with Crippen LogP contribution in [-0.2, 0) is 21.4 Å². The molecule has 1 aromatic heterocycles. The Kier molecular flexibility index (Phi) is 6.65. The van der Waals surface area contributed by atoms with Gasteiger partial charge in [-0.05, 0) is 35.9 Å². The molecule has 2 amide bonds. The van der Waals surface area contributed by atoms with Gasteiger partial charge < -0.3 is 10.2 Å². The molecule has 0 saturated carbocycles. The fraction of sp³-hybridized carbons (Fsp3) is 0.278. The third kappa shape index (κ3) is 5.35. The van der Waals surface area contributed by atoms with Gasteiger partial charge in [0.15, 0.2) is 0 Å². The lowest BCUT2D eigenvalue weighted by atomic mass is 10.2. The van der Waals surface area contributed by atoms with Crippen molar-refractivity contribution in [2.45, 2.75) is 11.4 Å². The van der Waals surface area contributed by atoms with E-state index in [1.54, 1.807) is 31.6 Å². The molecule has 0 radical (unpaired) electrons. The van der Waals surface area contributed by atoms with Gasteiger partial charge >= 0.3 is 0 Å². The molecule has 0 aliphatic rings. The van der Waals surface area contributed by atoms with Crippen molar-refractivity contribution in [2.24, 2.45) is 0 Å². The third-order valence-electron chi connectivity index (χ3n) is 3.87. The molecule has 2 aromatic rings. The third-order valence-corrected chi connectivity index (χ3v) is 5.68. The number of carbonyl (C=O) groups excluding carboxylic acids is 2. The number of nitrogens with one attached hydrogen (secondary N) is 1. The number of likely N-dealkylation sites (N-methyl/N-ethyl adjacent to an activating group) is 1. The SMILES string of the molecule is CN(Cc1ccncc1)C(=O)CNC(=O)c1cccc(S(=O)(=O)N(C)C)c1. The summed E-state index contributed by atoms with van der Waals surface area (Å²) < 4.78 is 25.4. The Hall–Kier alpha value is -2.78. The Morgan fingerprint density at radius 1 is 1.07 bits per heavy atom. The van der Waals surface area contributed by atoms with Crippen LogP contribution in [0, 0.1) is 0 Å². The van der Waals surface area contributed by atoms with Gasteiger partial charge in [0.1, 0.15) is 0 Å². The zero-order valence-electron chi connectivity index (χ0n) is 15.4. The second-order valence-corrected chi connectivity index (χ2v) is 8.26. The number of sulfonamides is 1. The van der Waals surface area contributed by atoms with Gasteiger partial charge in [-0.25, -0.2) is 12.7 Å². The van der Waals surface area contributed by atoms with E-state index < -0.39 is 15.9 Å². The number of nitrogens with zero attached hydrogens (tertiary/aromatic N) is 3. The van der Waals surface area contributed by atoms with Crippen molar-refractivity contribution in [1.29, 1.82) is 0 Å². The highest BCUT2D eigenvalue weighted by Crippen LogP contribution is 2.14. The van der Waals surface area contributed by atoms with Crippen LogP contribution < -0.4 is 5.32 Å². The summed E-state index contributed by atoms with van der Waals surface area (Å²) in [5, 5.41) is 2.52. The highest BCUT2D eigenvalue weighted by Gasteiger charge is 2.19. The molecule has 1 aromatic carbocycles. The topological polar surface area (TPSA) is 99.7 Å². The standard InChI is InChI=1S/C18H22N4O4S/c1-21(2)27(25,26)16-6-4-5-15(11-16)18(24)20-12-17(23)22(3)13-14-7-9-19-10-8-14/h4-11H,12-13H2,1-3H3,(H,20,24). The summed E-state index contributed by atoms with van der Waals surface area (Å²) in [6, 6.07) is 9.30. The summed E-state index contributed by atoms with van der Waals surface area (Å²) in [6.45, 7) is 0.207. The van der Waals surface area contributed by atoms with E-state index in [1.807, 2.05) is 0 Å². The second kappa shape index (κ2) is 8.74. The van der Waals surface area contributed by atoms with E-state index in [0.717, 1.165) is 9.87 Å². The van der Waals surface area contributed by atoms with Gasteiger partial charge in [-0.2, -0.15) is 0 Å². The van der Waals surface area contributed by atoms with E-state index in [2.05, 4.69) is 10.3 Å². The average Bonchev–Trinajstić information content (AvgIpc) is 2.66. The first kappa shape index (κ1) is 20.5. The van der Waals surface area contributed by atoms with Crippen molar-refractivity contribution in [1.82, 2.24) is 19.5 Å². The Bertz CT molecular complexity index is 914. The number of benzene rings is 1. The molecule has 1 heterocycles. The zero-order valence-corrected chi connectivity index (χ0v) is 16.2. The molecule has 8 nitrogen and oxygen atoms in total. The predicted molar refractivity (Wildman–Crippen MR) is 100 cm³/mol. The van der Waals surface area contributed by atoms with Crippen LogP contribution in [0.3, 0.4) is 0 Å². The van der Waals surface area contributed by atoms with Crippen LogP contribution in [-0.4, -0.2) is 62.1 Å². The molecule has 0 aliphatic carbocycles. The molecule has 27 heavy (non-hydrogen) atoms. The van der Waals surface area contributed by atoms with E-state index in [4.69, 9.17) is 0 Å². The highest BCUT2D eigenvalue weighted by molar-refractivity contribution is 7.89. The van der Waals surface area contributed by atoms with Crippen molar-refractivity contribution in [3.05, 3.63) is 59.9 Å². The Balaban J connectivity index is 1.98. The summed E-state index contributed by atoms with van der Waals surface area (Å²) in [5.41, 5.74) is 1.09. The van der Waals surface area contributed by atoms with Crippen molar-refractivity contribution < 1.29 is 18.0 Å². The molecular weight excluding hydrogens is 368 g/mol. The normalized spacial score (nSPS) is 11.3.